The zero-order chi connectivity index (χ0) is 12.4. The number of nitrogens with zero attached hydrogens (tertiary/aromatic N) is 1. The number of aromatic nitrogens is 1. The van der Waals surface area contributed by atoms with Gasteiger partial charge in [0.25, 0.3) is 0 Å². The fourth-order valence-electron chi connectivity index (χ4n) is 1.37. The Morgan fingerprint density at radius 1 is 1.35 bits per heavy atom. The Labute approximate surface area is 103 Å². The van der Waals surface area contributed by atoms with Crippen molar-refractivity contribution in [2.45, 2.75) is 6.92 Å². The Bertz CT molecular complexity index is 557. The molecule has 2 rings (SSSR count). The van der Waals surface area contributed by atoms with Gasteiger partial charge in [-0.1, -0.05) is 17.7 Å². The third-order valence-corrected chi connectivity index (χ3v) is 2.53. The van der Waals surface area contributed by atoms with E-state index in [0.29, 0.717) is 27.8 Å². The molecule has 0 bridgehead atoms. The zero-order valence-corrected chi connectivity index (χ0v) is 9.92. The minimum atomic E-state index is -0.275. The fourth-order valence-corrected chi connectivity index (χ4v) is 1.53. The Morgan fingerprint density at radius 2 is 2.12 bits per heavy atom. The number of nitrogens with one attached hydrogen (secondary N) is 1. The van der Waals surface area contributed by atoms with Gasteiger partial charge >= 0.3 is 0 Å². The van der Waals surface area contributed by atoms with Gasteiger partial charge in [0.1, 0.15) is 5.82 Å². The largest absolute Gasteiger partial charge is 0.396 e. The van der Waals surface area contributed by atoms with E-state index in [-0.39, 0.29) is 5.82 Å². The van der Waals surface area contributed by atoms with Gasteiger partial charge in [-0.2, -0.15) is 0 Å². The molecule has 1 aromatic heterocycles. The second kappa shape index (κ2) is 4.59. The molecule has 0 radical (unpaired) electrons. The minimum absolute atomic E-state index is 0.275. The van der Waals surface area contributed by atoms with E-state index in [2.05, 4.69) is 10.3 Å². The van der Waals surface area contributed by atoms with Gasteiger partial charge in [0, 0.05) is 11.9 Å². The lowest BCUT2D eigenvalue weighted by Crippen LogP contribution is -1.99. The lowest BCUT2D eigenvalue weighted by molar-refractivity contribution is 0.619. The molecule has 0 saturated carbocycles. The van der Waals surface area contributed by atoms with E-state index in [1.54, 1.807) is 25.1 Å². The lowest BCUT2D eigenvalue weighted by atomic mass is 10.2. The monoisotopic (exact) mass is 251 g/mol. The molecule has 0 amide bonds. The third-order valence-electron chi connectivity index (χ3n) is 2.32. The van der Waals surface area contributed by atoms with E-state index >= 15 is 0 Å². The molecule has 0 spiro atoms. The van der Waals surface area contributed by atoms with Crippen molar-refractivity contribution in [3.63, 3.8) is 0 Å². The van der Waals surface area contributed by atoms with Crippen LogP contribution in [0.3, 0.4) is 0 Å². The molecule has 0 saturated heterocycles. The van der Waals surface area contributed by atoms with Gasteiger partial charge in [0.15, 0.2) is 5.82 Å². The van der Waals surface area contributed by atoms with E-state index in [9.17, 15) is 4.39 Å². The predicted octanol–water partition coefficient (Wildman–Crippen LogP) is 3.51. The molecular formula is C12H11ClFN3. The maximum atomic E-state index is 13.3. The van der Waals surface area contributed by atoms with Crippen LogP contribution in [0.2, 0.25) is 5.02 Å². The summed E-state index contributed by atoms with van der Waals surface area (Å²) in [6, 6.07) is 6.42. The Balaban J connectivity index is 2.28. The topological polar surface area (TPSA) is 50.9 Å². The van der Waals surface area contributed by atoms with E-state index in [1.165, 1.54) is 12.3 Å². The average Bonchev–Trinajstić information content (AvgIpc) is 2.27. The van der Waals surface area contributed by atoms with E-state index in [4.69, 9.17) is 17.3 Å². The van der Waals surface area contributed by atoms with E-state index in [0.717, 1.165) is 0 Å². The van der Waals surface area contributed by atoms with Crippen molar-refractivity contribution in [3.8, 4) is 0 Å². The molecular weight excluding hydrogens is 241 g/mol. The van der Waals surface area contributed by atoms with Crippen LogP contribution in [-0.4, -0.2) is 4.98 Å². The molecule has 0 unspecified atom stereocenters. The molecule has 0 aliphatic carbocycles. The number of anilines is 3. The van der Waals surface area contributed by atoms with Crippen molar-refractivity contribution >= 4 is 28.8 Å². The summed E-state index contributed by atoms with van der Waals surface area (Å²) in [5, 5.41) is 3.39. The Kier molecular flexibility index (Phi) is 3.15. The number of rotatable bonds is 2. The highest BCUT2D eigenvalue weighted by molar-refractivity contribution is 6.30. The van der Waals surface area contributed by atoms with Crippen LogP contribution in [0.5, 0.6) is 0 Å². The van der Waals surface area contributed by atoms with E-state index < -0.39 is 0 Å². The van der Waals surface area contributed by atoms with Crippen LogP contribution in [0.25, 0.3) is 0 Å². The average molecular weight is 252 g/mol. The molecule has 0 aliphatic heterocycles. The molecule has 3 nitrogen and oxygen atoms in total. The highest BCUT2D eigenvalue weighted by atomic mass is 35.5. The number of benzene rings is 1. The number of halogens is 2. The van der Waals surface area contributed by atoms with Crippen molar-refractivity contribution in [1.82, 2.24) is 4.98 Å². The van der Waals surface area contributed by atoms with Crippen LogP contribution < -0.4 is 11.1 Å². The number of pyridine rings is 1. The van der Waals surface area contributed by atoms with Gasteiger partial charge in [-0.25, -0.2) is 9.37 Å². The summed E-state index contributed by atoms with van der Waals surface area (Å²) in [6.07, 6.45) is 1.48. The summed E-state index contributed by atoms with van der Waals surface area (Å²) < 4.78 is 13.3. The van der Waals surface area contributed by atoms with E-state index in [1.807, 2.05) is 0 Å². The second-order valence-corrected chi connectivity index (χ2v) is 4.12. The summed E-state index contributed by atoms with van der Waals surface area (Å²) in [6.45, 7) is 1.70. The van der Waals surface area contributed by atoms with Crippen molar-refractivity contribution in [1.29, 1.82) is 0 Å². The quantitative estimate of drug-likeness (QED) is 0.859. The number of nitrogens with two attached hydrogens (primary N) is 1. The Morgan fingerprint density at radius 3 is 2.76 bits per heavy atom. The summed E-state index contributed by atoms with van der Waals surface area (Å²) in [7, 11) is 0. The molecule has 1 heterocycles. The van der Waals surface area contributed by atoms with Gasteiger partial charge in [-0.3, -0.25) is 0 Å². The summed E-state index contributed by atoms with van der Waals surface area (Å²) in [5.74, 6) is 0.181. The van der Waals surface area contributed by atoms with Crippen LogP contribution in [-0.2, 0) is 0 Å². The van der Waals surface area contributed by atoms with Crippen LogP contribution in [0.1, 0.15) is 5.56 Å². The normalized spacial score (nSPS) is 10.3. The van der Waals surface area contributed by atoms with Crippen LogP contribution >= 0.6 is 11.6 Å². The van der Waals surface area contributed by atoms with Crippen molar-refractivity contribution < 1.29 is 4.39 Å². The smallest absolute Gasteiger partial charge is 0.153 e. The van der Waals surface area contributed by atoms with Gasteiger partial charge in [0.2, 0.25) is 0 Å². The minimum Gasteiger partial charge on any atom is -0.396 e. The van der Waals surface area contributed by atoms with Crippen LogP contribution in [0, 0.1) is 12.7 Å². The number of aryl methyl sites for hydroxylation is 1. The maximum Gasteiger partial charge on any atom is 0.153 e. The molecule has 3 N–H and O–H groups in total. The zero-order valence-electron chi connectivity index (χ0n) is 9.17. The van der Waals surface area contributed by atoms with Crippen LogP contribution in [0.4, 0.5) is 21.6 Å². The molecule has 0 fully saturated rings. The number of nitrogen functional groups attached to an aromatic ring is 1. The molecule has 5 heteroatoms. The molecule has 2 aromatic rings. The first-order chi connectivity index (χ1) is 8.06. The van der Waals surface area contributed by atoms with Gasteiger partial charge in [0.05, 0.1) is 10.7 Å². The summed E-state index contributed by atoms with van der Waals surface area (Å²) in [5.41, 5.74) is 7.33. The molecule has 0 atom stereocenters. The first-order valence-electron chi connectivity index (χ1n) is 5.00. The van der Waals surface area contributed by atoms with Gasteiger partial charge in [-0.05, 0) is 30.7 Å². The first kappa shape index (κ1) is 11.7. The first-order valence-corrected chi connectivity index (χ1v) is 5.38. The summed E-state index contributed by atoms with van der Waals surface area (Å²) >= 11 is 5.74. The Hall–Kier alpha value is -1.81. The molecule has 1 aromatic carbocycles. The second-order valence-electron chi connectivity index (χ2n) is 3.68. The highest BCUT2D eigenvalue weighted by Crippen LogP contribution is 2.24. The molecule has 88 valence electrons. The number of hydrogen-bond acceptors (Lipinski definition) is 3. The van der Waals surface area contributed by atoms with Crippen LogP contribution in [0.15, 0.2) is 30.5 Å². The van der Waals surface area contributed by atoms with Crippen molar-refractivity contribution in [2.75, 3.05) is 11.1 Å². The SMILES string of the molecule is Cc1ccc(Nc2ncc(Cl)cc2N)cc1F. The lowest BCUT2D eigenvalue weighted by Gasteiger charge is -2.09. The van der Waals surface area contributed by atoms with Crippen molar-refractivity contribution in [3.05, 3.63) is 46.9 Å². The van der Waals surface area contributed by atoms with Gasteiger partial charge < -0.3 is 11.1 Å². The summed E-state index contributed by atoms with van der Waals surface area (Å²) in [4.78, 5) is 4.03. The molecule has 17 heavy (non-hydrogen) atoms. The maximum absolute atomic E-state index is 13.3. The number of hydrogen-bond donors (Lipinski definition) is 2. The third kappa shape index (κ3) is 2.65. The highest BCUT2D eigenvalue weighted by Gasteiger charge is 2.04. The van der Waals surface area contributed by atoms with Gasteiger partial charge in [-0.15, -0.1) is 0 Å². The fraction of sp³-hybridized carbons (Fsp3) is 0.0833. The standard InChI is InChI=1S/C12H11ClFN3/c1-7-2-3-9(5-10(7)14)17-12-11(15)4-8(13)6-16-12/h2-6H,15H2,1H3,(H,16,17). The molecule has 0 aliphatic rings. The predicted molar refractivity (Wildman–Crippen MR) is 68.1 cm³/mol. The van der Waals surface area contributed by atoms with Crippen molar-refractivity contribution in [2.24, 2.45) is 0 Å².